The molecule has 22 rings (SSSR count). The van der Waals surface area contributed by atoms with Crippen LogP contribution in [0.5, 0.6) is 0 Å². The van der Waals surface area contributed by atoms with E-state index >= 15 is 0 Å². The smallest absolute Gasteiger partial charge is 0.232 e. The molecule has 15 aromatic rings. The number of hydrogen-bond acceptors (Lipinski definition) is 23. The lowest BCUT2D eigenvalue weighted by Crippen LogP contribution is -2.37. The zero-order chi connectivity index (χ0) is 102. The van der Waals surface area contributed by atoms with Crippen molar-refractivity contribution < 1.29 is 39.9 Å². The number of fused-ring (bicyclic) bond motifs is 5. The molecule has 5 N–H and O–H groups in total. The molecule has 6 aliphatic heterocycles. The van der Waals surface area contributed by atoms with Crippen molar-refractivity contribution in [1.29, 1.82) is 0 Å². The lowest BCUT2D eigenvalue weighted by Gasteiger charge is -2.33. The average Bonchev–Trinajstić information content (AvgIpc) is 1.37. The second kappa shape index (κ2) is 47.0. The Bertz CT molecular complexity index is 7100. The lowest BCUT2D eigenvalue weighted by atomic mass is 9.97. The molecule has 0 spiro atoms. The number of carbonyl (C=O) groups is 1. The minimum absolute atomic E-state index is 0.109. The molecule has 1 amide bonds. The summed E-state index contributed by atoms with van der Waals surface area (Å²) in [4.78, 5) is 73.9. The van der Waals surface area contributed by atoms with Crippen LogP contribution in [0.2, 0.25) is 20.2 Å². The van der Waals surface area contributed by atoms with Crippen LogP contribution >= 0.6 is 46.4 Å². The summed E-state index contributed by atoms with van der Waals surface area (Å²) in [6.45, 7) is 16.2. The van der Waals surface area contributed by atoms with Gasteiger partial charge >= 0.3 is 0 Å². The van der Waals surface area contributed by atoms with Crippen LogP contribution < -0.4 is 40.4 Å². The highest BCUT2D eigenvalue weighted by molar-refractivity contribution is 6.32. The van der Waals surface area contributed by atoms with Gasteiger partial charge in [0, 0.05) is 189 Å². The summed E-state index contributed by atoms with van der Waals surface area (Å²) in [6, 6.07) is 18.5. The van der Waals surface area contributed by atoms with Gasteiger partial charge in [0.15, 0.2) is 34.9 Å². The average molecular weight is 2070 g/mol. The molecule has 760 valence electrons. The summed E-state index contributed by atoms with van der Waals surface area (Å²) < 4.78 is 118. The number of piperidine rings is 1. The van der Waals surface area contributed by atoms with Crippen LogP contribution in [-0.2, 0) is 82.6 Å². The predicted octanol–water partition coefficient (Wildman–Crippen LogP) is 20.2. The molecular weight excluding hydrogens is 1960 g/mol. The Hall–Kier alpha value is -13.4. The quantitative estimate of drug-likeness (QED) is 0.0202. The summed E-state index contributed by atoms with van der Waals surface area (Å²) in [5.41, 5.74) is 16.3. The van der Waals surface area contributed by atoms with Gasteiger partial charge in [0.1, 0.15) is 51.7 Å². The third-order valence-electron chi connectivity index (χ3n) is 26.5. The van der Waals surface area contributed by atoms with E-state index in [0.717, 1.165) is 262 Å². The number of amides is 1. The van der Waals surface area contributed by atoms with E-state index in [1.165, 1.54) is 25.0 Å². The first-order valence-corrected chi connectivity index (χ1v) is 50.5. The molecule has 1 saturated carbocycles. The molecule has 1 saturated heterocycles. The highest BCUT2D eigenvalue weighted by Crippen LogP contribution is 2.41. The normalized spacial score (nSPS) is 14.9. The van der Waals surface area contributed by atoms with E-state index < -0.39 is 46.5 Å². The Morgan fingerprint density at radius 1 is 0.507 bits per heavy atom. The van der Waals surface area contributed by atoms with Crippen LogP contribution in [0.1, 0.15) is 151 Å². The number of carbonyl (C=O) groups excluding carboxylic acids is 1. The van der Waals surface area contributed by atoms with Crippen molar-refractivity contribution in [3.05, 3.63) is 300 Å². The minimum Gasteiger partial charge on any atom is -0.367 e. The van der Waals surface area contributed by atoms with Crippen molar-refractivity contribution in [2.75, 3.05) is 103 Å². The van der Waals surface area contributed by atoms with Crippen LogP contribution in [-0.4, -0.2) is 184 Å². The van der Waals surface area contributed by atoms with Crippen LogP contribution in [0.15, 0.2) is 166 Å². The van der Waals surface area contributed by atoms with Gasteiger partial charge in [-0.1, -0.05) is 66.3 Å². The fourth-order valence-corrected chi connectivity index (χ4v) is 19.4. The van der Waals surface area contributed by atoms with E-state index in [0.29, 0.717) is 95.4 Å². The first kappa shape index (κ1) is 103. The maximum absolute atomic E-state index is 14.5. The van der Waals surface area contributed by atoms with Crippen molar-refractivity contribution in [2.45, 2.75) is 174 Å². The van der Waals surface area contributed by atoms with Gasteiger partial charge in [0.25, 0.3) is 0 Å². The summed E-state index contributed by atoms with van der Waals surface area (Å²) in [5, 5.41) is 30.7. The first-order chi connectivity index (χ1) is 70.7. The van der Waals surface area contributed by atoms with Crippen molar-refractivity contribution in [3.8, 4) is 44.9 Å². The number of halogens is 12. The Morgan fingerprint density at radius 2 is 1.01 bits per heavy atom. The molecule has 0 radical (unpaired) electrons. The number of likely N-dealkylation sites (N-methyl/N-ethyl adjacent to an activating group) is 1. The minimum atomic E-state index is -0.699. The number of nitrogens with one attached hydrogen (secondary N) is 5. The molecule has 29 nitrogen and oxygen atoms in total. The summed E-state index contributed by atoms with van der Waals surface area (Å²) in [7, 11) is 4.01. The molecule has 7 aliphatic rings. The van der Waals surface area contributed by atoms with Crippen molar-refractivity contribution >= 4 is 92.9 Å². The third-order valence-corrected chi connectivity index (χ3v) is 28.1. The molecule has 17 heterocycles. The second-order valence-corrected chi connectivity index (χ2v) is 39.1. The Labute approximate surface area is 859 Å². The van der Waals surface area contributed by atoms with Crippen LogP contribution in [0.4, 0.5) is 75.7 Å². The second-order valence-electron chi connectivity index (χ2n) is 37.6. The first-order valence-electron chi connectivity index (χ1n) is 49.0. The van der Waals surface area contributed by atoms with E-state index in [4.69, 9.17) is 66.3 Å². The van der Waals surface area contributed by atoms with Gasteiger partial charge < -0.3 is 45.4 Å². The van der Waals surface area contributed by atoms with E-state index in [1.807, 2.05) is 101 Å². The molecule has 0 bridgehead atoms. The monoisotopic (exact) mass is 2070 g/mol. The summed E-state index contributed by atoms with van der Waals surface area (Å²) in [5.74, 6) is -0.796. The number of anilines is 7. The molecular formula is C105H110Cl4F8N28O. The molecule has 4 aromatic carbocycles. The molecule has 1 aliphatic carbocycles. The topological polar surface area (TPSA) is 299 Å². The predicted molar refractivity (Wildman–Crippen MR) is 549 cm³/mol. The zero-order valence-electron chi connectivity index (χ0n) is 81.3. The number of H-pyrrole nitrogens is 2. The molecule has 2 fully saturated rings. The number of aryl methyl sites for hydroxylation is 5. The highest BCUT2D eigenvalue weighted by atomic mass is 35.5. The maximum atomic E-state index is 14.5. The number of nitrogens with zero attached hydrogens (tertiary/aromatic N) is 23. The van der Waals surface area contributed by atoms with Gasteiger partial charge in [-0.15, -0.1) is 0 Å². The van der Waals surface area contributed by atoms with Crippen LogP contribution in [0.25, 0.3) is 44.9 Å². The zero-order valence-corrected chi connectivity index (χ0v) is 84.3. The largest absolute Gasteiger partial charge is 0.367 e. The third kappa shape index (κ3) is 24.9. The Morgan fingerprint density at radius 3 is 1.57 bits per heavy atom. The van der Waals surface area contributed by atoms with Crippen molar-refractivity contribution in [3.63, 3.8) is 0 Å². The summed E-state index contributed by atoms with van der Waals surface area (Å²) in [6.07, 6.45) is 38.9. The number of pyridine rings is 2. The van der Waals surface area contributed by atoms with E-state index in [-0.39, 0.29) is 63.7 Å². The fraction of sp³-hybridized carbons (Fsp3) is 0.362. The fourth-order valence-electron chi connectivity index (χ4n) is 18.6. The maximum Gasteiger partial charge on any atom is 0.232 e. The van der Waals surface area contributed by atoms with Gasteiger partial charge in [-0.2, -0.15) is 20.4 Å². The number of benzene rings is 4. The van der Waals surface area contributed by atoms with E-state index in [1.54, 1.807) is 42.1 Å². The number of aromatic nitrogens is 19. The van der Waals surface area contributed by atoms with Crippen molar-refractivity contribution in [1.82, 2.24) is 110 Å². The SMILES string of the molecule is CC(C)c1cc(Nc2cnc3c(n2)N(Cc2c(F)ccc(F)c2Cl)CCC3)n[nH]1.CN(C)CCn1cc(-c2cnc3c(n2)N(C(=O)Cc2cc(F)cc(F)c2)CCC3)cn1.Cc1c(-c2cnn(C3CCNCC3)c2)cnc2c1N(Cc1c(F)ccc(F)c1Cl)CCC2.Clc1ncccc1CN1CCCc2ncc(-c3cc[nH]c3)nc21.Fc1ccc(F)c(CN2CCCc3ncc(-c4cnn(CCNC5CC5)c4)nc32)c1Cl. The molecule has 11 aromatic heterocycles. The number of aromatic amines is 2. The number of hydrogen-bond donors (Lipinski definition) is 5. The van der Waals surface area contributed by atoms with Gasteiger partial charge in [-0.05, 0) is 202 Å². The number of rotatable bonds is 25. The molecule has 0 atom stereocenters. The standard InChI is InChI=1S/C24H26ClF2N5.C22H23ClF2N6.C22H24F2N6O.C20H21ClF2N6.C17H16ClN5/c1-15-18(16-11-30-32(13-16)17-6-8-28-9-7-17)12-29-22-3-2-10-31(24(15)22)14-19-20(26)4-5-21(27)23(19)25;23-21-16(17(24)5-6-18(21)25)13-30-8-1-2-19-22(30)29-20(11-27-19)14-10-28-31(12-14)9-7-26-15-3-4-15;1-28(2)6-7-29-14-16(12-26-29)20-13-25-19-4-3-5-30(22(19)27-20)21(31)10-15-8-17(23)11-18(24)9-15;1-11(2)16-8-17(28-27-16)25-18-9-24-15-4-3-7-29(20(15)26-18)10-12-13(22)5-6-14(23)19(12)21;18-16-13(3-1-6-20-16)11-23-8-2-4-14-17(23)22-15(10-21-14)12-5-7-19-9-12/h4-5,11-13,17,28H,2-3,6-10,14H2,1H3;5-6,10-12,15,26H,1-4,7-9,13H2;8-9,11-14H,3-7,10H2,1-2H3;5-6,8-9,11H,3-4,7,10H2,1-2H3,(H2,25,26,27,28);1,3,5-7,9-10,19H,2,4,8,11H2. The van der Waals surface area contributed by atoms with Gasteiger partial charge in [-0.25, -0.2) is 60.0 Å². The Balaban J connectivity index is 0.000000120. The highest BCUT2D eigenvalue weighted by Gasteiger charge is 2.33. The van der Waals surface area contributed by atoms with Gasteiger partial charge in [0.2, 0.25) is 5.91 Å². The molecule has 0 unspecified atom stereocenters. The molecule has 41 heteroatoms. The van der Waals surface area contributed by atoms with E-state index in [9.17, 15) is 39.9 Å². The van der Waals surface area contributed by atoms with Crippen LogP contribution in [0, 0.1) is 53.5 Å². The van der Waals surface area contributed by atoms with Gasteiger partial charge in [0.05, 0.1) is 135 Å². The van der Waals surface area contributed by atoms with Crippen LogP contribution in [0.3, 0.4) is 0 Å². The van der Waals surface area contributed by atoms with Gasteiger partial charge in [-0.3, -0.25) is 53.8 Å². The van der Waals surface area contributed by atoms with E-state index in [2.05, 4.69) is 123 Å². The van der Waals surface area contributed by atoms with Crippen molar-refractivity contribution in [2.24, 2.45) is 0 Å². The Kier molecular flexibility index (Phi) is 33.0. The molecule has 146 heavy (non-hydrogen) atoms. The lowest BCUT2D eigenvalue weighted by molar-refractivity contribution is -0.118. The summed E-state index contributed by atoms with van der Waals surface area (Å²) >= 11 is 24.4.